The Morgan fingerprint density at radius 3 is 2.55 bits per heavy atom. The number of amidine groups is 1. The molecule has 38 heavy (non-hydrogen) atoms. The van der Waals surface area contributed by atoms with Gasteiger partial charge in [0.1, 0.15) is 11.4 Å². The number of benzene rings is 1. The smallest absolute Gasteiger partial charge is 0.256 e. The molecule has 1 aromatic carbocycles. The molecule has 1 aromatic rings. The highest BCUT2D eigenvalue weighted by molar-refractivity contribution is 6.15. The van der Waals surface area contributed by atoms with E-state index >= 15 is 0 Å². The van der Waals surface area contributed by atoms with Crippen LogP contribution >= 0.6 is 0 Å². The van der Waals surface area contributed by atoms with Crippen LogP contribution in [0.15, 0.2) is 47.5 Å². The van der Waals surface area contributed by atoms with Gasteiger partial charge in [0.15, 0.2) is 0 Å². The SMILES string of the molecule is O=C(C1CC1)N1CC[C@@H](CN2C(=O)C3(CCNCC3)N=C2c2ccc(C3=CC4CCNCC4C=C3)cc2)C1. The standard InChI is InChI=1S/C31H39N5O2/c37-29(24-5-6-24)35-16-10-21(19-35)20-36-28(34-31(30(36)38)11-14-32-15-12-31)23-3-1-22(2-4-23)25-7-8-27-18-33-13-9-26(27)17-25/h1-4,7-8,17,21,24,26-27,32-33H,5-6,9-16,18-20H2/t21-,26?,27?/m1/s1. The van der Waals surface area contributed by atoms with Gasteiger partial charge in [-0.15, -0.1) is 0 Å². The van der Waals surface area contributed by atoms with E-state index < -0.39 is 5.54 Å². The number of likely N-dealkylation sites (tertiary alicyclic amines) is 1. The molecule has 3 saturated heterocycles. The molecule has 3 atom stereocenters. The molecule has 2 unspecified atom stereocenters. The minimum atomic E-state index is -0.639. The van der Waals surface area contributed by atoms with E-state index in [9.17, 15) is 9.59 Å². The highest BCUT2D eigenvalue weighted by Gasteiger charge is 2.49. The third-order valence-electron chi connectivity index (χ3n) is 9.59. The summed E-state index contributed by atoms with van der Waals surface area (Å²) in [7, 11) is 0. The van der Waals surface area contributed by atoms with Crippen molar-refractivity contribution in [1.82, 2.24) is 20.4 Å². The van der Waals surface area contributed by atoms with E-state index in [0.717, 1.165) is 82.8 Å². The summed E-state index contributed by atoms with van der Waals surface area (Å²) in [6.45, 7) is 6.02. The first-order valence-electron chi connectivity index (χ1n) is 14.7. The Bertz CT molecular complexity index is 1190. The number of aliphatic imine (C=N–C) groups is 1. The number of allylic oxidation sites excluding steroid dienone is 3. The second kappa shape index (κ2) is 9.76. The number of piperidine rings is 2. The largest absolute Gasteiger partial charge is 0.342 e. The number of hydrogen-bond acceptors (Lipinski definition) is 5. The minimum Gasteiger partial charge on any atom is -0.342 e. The molecule has 2 N–H and O–H groups in total. The van der Waals surface area contributed by atoms with E-state index in [4.69, 9.17) is 4.99 Å². The van der Waals surface area contributed by atoms with Gasteiger partial charge in [0, 0.05) is 37.7 Å². The van der Waals surface area contributed by atoms with Crippen molar-refractivity contribution in [3.8, 4) is 0 Å². The van der Waals surface area contributed by atoms with Crippen molar-refractivity contribution in [3.63, 3.8) is 0 Å². The maximum absolute atomic E-state index is 13.9. The van der Waals surface area contributed by atoms with Crippen molar-refractivity contribution in [2.45, 2.75) is 44.1 Å². The number of nitrogens with zero attached hydrogens (tertiary/aromatic N) is 3. The fraction of sp³-hybridized carbons (Fsp3) is 0.581. The van der Waals surface area contributed by atoms with Crippen LogP contribution in [0.4, 0.5) is 0 Å². The molecule has 0 radical (unpaired) electrons. The van der Waals surface area contributed by atoms with Crippen LogP contribution in [0.3, 0.4) is 0 Å². The third kappa shape index (κ3) is 4.43. The molecule has 2 aliphatic carbocycles. The summed E-state index contributed by atoms with van der Waals surface area (Å²) in [6, 6.07) is 8.68. The summed E-state index contributed by atoms with van der Waals surface area (Å²) in [4.78, 5) is 35.7. The molecule has 7 heteroatoms. The average Bonchev–Trinajstić information content (AvgIpc) is 3.66. The zero-order valence-corrected chi connectivity index (χ0v) is 22.2. The highest BCUT2D eigenvalue weighted by atomic mass is 16.2. The molecule has 7 nitrogen and oxygen atoms in total. The number of carbonyl (C=O) groups excluding carboxylic acids is 2. The first-order chi connectivity index (χ1) is 18.6. The molecule has 200 valence electrons. The molecule has 4 fully saturated rings. The van der Waals surface area contributed by atoms with Gasteiger partial charge in [-0.1, -0.05) is 42.5 Å². The summed E-state index contributed by atoms with van der Waals surface area (Å²) in [5.74, 6) is 3.07. The molecule has 4 aliphatic heterocycles. The van der Waals surface area contributed by atoms with Crippen molar-refractivity contribution in [2.75, 3.05) is 45.8 Å². The summed E-state index contributed by atoms with van der Waals surface area (Å²) >= 11 is 0. The molecular formula is C31H39N5O2. The molecular weight excluding hydrogens is 474 g/mol. The number of nitrogens with one attached hydrogen (secondary N) is 2. The van der Waals surface area contributed by atoms with Crippen LogP contribution in [-0.4, -0.2) is 78.8 Å². The molecule has 1 spiro atoms. The normalized spacial score (nSPS) is 30.4. The maximum atomic E-state index is 13.9. The fourth-order valence-electron chi connectivity index (χ4n) is 7.08. The molecule has 1 saturated carbocycles. The van der Waals surface area contributed by atoms with Gasteiger partial charge in [0.05, 0.1) is 0 Å². The quantitative estimate of drug-likeness (QED) is 0.635. The van der Waals surface area contributed by atoms with Crippen LogP contribution in [0, 0.1) is 23.7 Å². The number of rotatable bonds is 5. The molecule has 7 rings (SSSR count). The van der Waals surface area contributed by atoms with Gasteiger partial charge in [0.2, 0.25) is 5.91 Å². The number of hydrogen-bond donors (Lipinski definition) is 2. The molecule has 6 aliphatic rings. The Labute approximate surface area is 225 Å². The van der Waals surface area contributed by atoms with Crippen molar-refractivity contribution in [2.24, 2.45) is 28.7 Å². The van der Waals surface area contributed by atoms with Gasteiger partial charge in [-0.2, -0.15) is 0 Å². The monoisotopic (exact) mass is 513 g/mol. The average molecular weight is 514 g/mol. The molecule has 4 heterocycles. The van der Waals surface area contributed by atoms with Crippen LogP contribution in [0.5, 0.6) is 0 Å². The van der Waals surface area contributed by atoms with Crippen LogP contribution in [0.2, 0.25) is 0 Å². The Balaban J connectivity index is 1.12. The zero-order valence-electron chi connectivity index (χ0n) is 22.2. The topological polar surface area (TPSA) is 77.0 Å². The Morgan fingerprint density at radius 2 is 1.76 bits per heavy atom. The Hall–Kier alpha value is -2.77. The lowest BCUT2D eigenvalue weighted by atomic mass is 9.80. The lowest BCUT2D eigenvalue weighted by molar-refractivity contribution is -0.132. The first kappa shape index (κ1) is 24.3. The molecule has 0 aromatic heterocycles. The van der Waals surface area contributed by atoms with E-state index in [0.29, 0.717) is 30.2 Å². The Morgan fingerprint density at radius 1 is 0.974 bits per heavy atom. The van der Waals surface area contributed by atoms with E-state index in [1.165, 1.54) is 17.6 Å². The fourth-order valence-corrected chi connectivity index (χ4v) is 7.08. The number of fused-ring (bicyclic) bond motifs is 1. The lowest BCUT2D eigenvalue weighted by Gasteiger charge is -2.31. The van der Waals surface area contributed by atoms with Crippen molar-refractivity contribution >= 4 is 23.2 Å². The number of amides is 2. The van der Waals surface area contributed by atoms with Gasteiger partial charge in [0.25, 0.3) is 5.91 Å². The first-order valence-corrected chi connectivity index (χ1v) is 14.7. The van der Waals surface area contributed by atoms with E-state index in [-0.39, 0.29) is 11.8 Å². The minimum absolute atomic E-state index is 0.153. The summed E-state index contributed by atoms with van der Waals surface area (Å²) in [5.41, 5.74) is 2.89. The van der Waals surface area contributed by atoms with Gasteiger partial charge in [-0.05, 0) is 87.0 Å². The predicted molar refractivity (Wildman–Crippen MR) is 149 cm³/mol. The molecule has 2 amide bonds. The van der Waals surface area contributed by atoms with Crippen molar-refractivity contribution < 1.29 is 9.59 Å². The highest BCUT2D eigenvalue weighted by Crippen LogP contribution is 2.37. The Kier molecular flexibility index (Phi) is 6.24. The number of carbonyl (C=O) groups is 2. The second-order valence-electron chi connectivity index (χ2n) is 12.2. The van der Waals surface area contributed by atoms with Gasteiger partial charge >= 0.3 is 0 Å². The lowest BCUT2D eigenvalue weighted by Crippen LogP contribution is -2.50. The van der Waals surface area contributed by atoms with Gasteiger partial charge < -0.3 is 15.5 Å². The van der Waals surface area contributed by atoms with E-state index in [2.05, 4.69) is 53.1 Å². The molecule has 0 bridgehead atoms. The maximum Gasteiger partial charge on any atom is 0.256 e. The second-order valence-corrected chi connectivity index (χ2v) is 12.2. The summed E-state index contributed by atoms with van der Waals surface area (Å²) < 4.78 is 0. The van der Waals surface area contributed by atoms with Crippen LogP contribution in [0.1, 0.15) is 49.7 Å². The van der Waals surface area contributed by atoms with Crippen LogP contribution in [0.25, 0.3) is 5.57 Å². The van der Waals surface area contributed by atoms with E-state index in [1.807, 2.05) is 9.80 Å². The zero-order chi connectivity index (χ0) is 25.7. The van der Waals surface area contributed by atoms with Gasteiger partial charge in [-0.3, -0.25) is 19.5 Å². The summed E-state index contributed by atoms with van der Waals surface area (Å²) in [6.07, 6.45) is 12.8. The predicted octanol–water partition coefficient (Wildman–Crippen LogP) is 2.84. The van der Waals surface area contributed by atoms with Gasteiger partial charge in [-0.25, -0.2) is 0 Å². The van der Waals surface area contributed by atoms with Crippen molar-refractivity contribution in [1.29, 1.82) is 0 Å². The van der Waals surface area contributed by atoms with E-state index in [1.54, 1.807) is 0 Å². The third-order valence-corrected chi connectivity index (χ3v) is 9.59. The summed E-state index contributed by atoms with van der Waals surface area (Å²) in [5, 5.41) is 6.90. The van der Waals surface area contributed by atoms with Crippen LogP contribution < -0.4 is 10.6 Å². The van der Waals surface area contributed by atoms with Crippen LogP contribution in [-0.2, 0) is 9.59 Å². The van der Waals surface area contributed by atoms with Crippen molar-refractivity contribution in [3.05, 3.63) is 53.6 Å².